The number of urea groups is 1. The highest BCUT2D eigenvalue weighted by molar-refractivity contribution is 5.90. The lowest BCUT2D eigenvalue weighted by atomic mass is 10.1. The molecule has 0 saturated heterocycles. The van der Waals surface area contributed by atoms with Crippen LogP contribution in [0.15, 0.2) is 79.0 Å². The van der Waals surface area contributed by atoms with Crippen molar-refractivity contribution in [2.75, 3.05) is 10.6 Å². The number of rotatable bonds is 6. The molecule has 8 heteroatoms. The Morgan fingerprint density at radius 3 is 2.59 bits per heavy atom. The van der Waals surface area contributed by atoms with E-state index in [0.29, 0.717) is 23.9 Å². The van der Waals surface area contributed by atoms with Crippen molar-refractivity contribution in [3.63, 3.8) is 0 Å². The van der Waals surface area contributed by atoms with E-state index in [-0.39, 0.29) is 6.03 Å². The normalized spacial score (nSPS) is 12.1. The van der Waals surface area contributed by atoms with Gasteiger partial charge in [-0.15, -0.1) is 0 Å². The van der Waals surface area contributed by atoms with E-state index in [4.69, 9.17) is 9.97 Å². The number of fused-ring (bicyclic) bond motifs is 1. The third-order valence-electron chi connectivity index (χ3n) is 5.91. The second-order valence-corrected chi connectivity index (χ2v) is 8.44. The Morgan fingerprint density at radius 2 is 1.78 bits per heavy atom. The van der Waals surface area contributed by atoms with Gasteiger partial charge in [-0.1, -0.05) is 54.6 Å². The first-order chi connectivity index (χ1) is 18.1. The van der Waals surface area contributed by atoms with Crippen LogP contribution < -0.4 is 26.5 Å². The summed E-state index contributed by atoms with van der Waals surface area (Å²) in [6.45, 7) is 4.36. The van der Waals surface area contributed by atoms with Gasteiger partial charge in [-0.05, 0) is 49.7 Å². The summed E-state index contributed by atoms with van der Waals surface area (Å²) < 4.78 is 0. The first-order valence-corrected chi connectivity index (χ1v) is 12.0. The van der Waals surface area contributed by atoms with Gasteiger partial charge in [-0.3, -0.25) is 5.10 Å². The molecule has 2 aromatic heterocycles. The number of H-pyrrole nitrogens is 1. The first-order valence-electron chi connectivity index (χ1n) is 12.0. The number of aromatic amines is 1. The maximum Gasteiger partial charge on any atom is 0.319 e. The third-order valence-corrected chi connectivity index (χ3v) is 5.91. The highest BCUT2D eigenvalue weighted by atomic mass is 16.2. The van der Waals surface area contributed by atoms with Crippen LogP contribution in [0.1, 0.15) is 19.4 Å². The van der Waals surface area contributed by atoms with Crippen molar-refractivity contribution in [2.45, 2.75) is 20.4 Å². The van der Waals surface area contributed by atoms with Crippen molar-refractivity contribution in [1.82, 2.24) is 25.5 Å². The summed E-state index contributed by atoms with van der Waals surface area (Å²) >= 11 is 0. The van der Waals surface area contributed by atoms with Gasteiger partial charge < -0.3 is 16.0 Å². The fourth-order valence-electron chi connectivity index (χ4n) is 4.06. The van der Waals surface area contributed by atoms with Crippen LogP contribution >= 0.6 is 0 Å². The molecule has 37 heavy (non-hydrogen) atoms. The van der Waals surface area contributed by atoms with E-state index in [0.717, 1.165) is 38.3 Å². The number of benzene rings is 3. The average Bonchev–Trinajstić information content (AvgIpc) is 3.40. The molecule has 0 aliphatic carbocycles. The van der Waals surface area contributed by atoms with E-state index in [9.17, 15) is 4.79 Å². The molecular weight excluding hydrogens is 462 g/mol. The van der Waals surface area contributed by atoms with Gasteiger partial charge >= 0.3 is 6.03 Å². The van der Waals surface area contributed by atoms with Gasteiger partial charge in [0.1, 0.15) is 5.82 Å². The summed E-state index contributed by atoms with van der Waals surface area (Å²) in [7, 11) is 0. The second-order valence-electron chi connectivity index (χ2n) is 8.44. The summed E-state index contributed by atoms with van der Waals surface area (Å²) in [6.07, 6.45) is 5.75. The Kier molecular flexibility index (Phi) is 6.89. The van der Waals surface area contributed by atoms with Crippen molar-refractivity contribution in [1.29, 1.82) is 0 Å². The number of nitrogens with one attached hydrogen (secondary N) is 4. The molecule has 5 aromatic rings. The van der Waals surface area contributed by atoms with E-state index >= 15 is 0 Å². The Labute approximate surface area is 214 Å². The molecule has 2 heterocycles. The molecule has 0 spiro atoms. The molecule has 0 atom stereocenters. The summed E-state index contributed by atoms with van der Waals surface area (Å²) in [5, 5.41) is 19.0. The highest BCUT2D eigenvalue weighted by Crippen LogP contribution is 2.22. The lowest BCUT2D eigenvalue weighted by Crippen LogP contribution is -2.32. The molecule has 4 N–H and O–H groups in total. The van der Waals surface area contributed by atoms with Crippen LogP contribution in [0.5, 0.6) is 0 Å². The number of hydrogen-bond acceptors (Lipinski definition) is 5. The van der Waals surface area contributed by atoms with E-state index in [1.54, 1.807) is 6.20 Å². The predicted octanol–water partition coefficient (Wildman–Crippen LogP) is 4.69. The smallest absolute Gasteiger partial charge is 0.319 e. The Bertz CT molecular complexity index is 1680. The number of carbonyl (C=O) groups excluding carboxylic acids is 1. The Morgan fingerprint density at radius 1 is 0.919 bits per heavy atom. The second kappa shape index (κ2) is 10.7. The van der Waals surface area contributed by atoms with E-state index < -0.39 is 0 Å². The van der Waals surface area contributed by atoms with Gasteiger partial charge in [-0.25, -0.2) is 14.8 Å². The number of hydrogen-bond donors (Lipinski definition) is 4. The summed E-state index contributed by atoms with van der Waals surface area (Å²) in [5.74, 6) is 1.25. The molecule has 8 nitrogen and oxygen atoms in total. The van der Waals surface area contributed by atoms with Crippen LogP contribution in [-0.2, 0) is 6.54 Å². The monoisotopic (exact) mass is 489 g/mol. The van der Waals surface area contributed by atoms with Crippen LogP contribution in [0.25, 0.3) is 34.4 Å². The molecule has 0 unspecified atom stereocenters. The predicted molar refractivity (Wildman–Crippen MR) is 149 cm³/mol. The summed E-state index contributed by atoms with van der Waals surface area (Å²) in [6, 6.07) is 23.0. The van der Waals surface area contributed by atoms with Gasteiger partial charge in [0.2, 0.25) is 0 Å². The summed E-state index contributed by atoms with van der Waals surface area (Å²) in [5.41, 5.74) is 4.34. The van der Waals surface area contributed by atoms with Gasteiger partial charge in [0.25, 0.3) is 0 Å². The Hall–Kier alpha value is -4.98. The number of anilines is 3. The van der Waals surface area contributed by atoms with Crippen molar-refractivity contribution in [3.8, 4) is 11.4 Å². The van der Waals surface area contributed by atoms with Crippen molar-refractivity contribution in [2.24, 2.45) is 0 Å². The van der Waals surface area contributed by atoms with Crippen LogP contribution in [-0.4, -0.2) is 26.2 Å². The van der Waals surface area contributed by atoms with Crippen LogP contribution in [0.4, 0.5) is 22.0 Å². The molecule has 0 fully saturated rings. The van der Waals surface area contributed by atoms with E-state index in [1.807, 2.05) is 98.8 Å². The average molecular weight is 490 g/mol. The lowest BCUT2D eigenvalue weighted by Gasteiger charge is -2.11. The molecule has 0 radical (unpaired) electrons. The summed E-state index contributed by atoms with van der Waals surface area (Å²) in [4.78, 5) is 22.1. The number of carbonyl (C=O) groups is 1. The molecule has 5 rings (SSSR count). The fourth-order valence-corrected chi connectivity index (χ4v) is 4.06. The molecule has 0 saturated carbocycles. The zero-order valence-electron chi connectivity index (χ0n) is 20.6. The van der Waals surface area contributed by atoms with Crippen LogP contribution in [0.3, 0.4) is 0 Å². The maximum absolute atomic E-state index is 12.5. The SMILES string of the molecule is C/C=c1/nc(-c2cccc(NC(=O)NCc3ccccc3)c2)nc(Nc2ccc3[nH]ncc3c2)/c1=C/C. The van der Waals surface area contributed by atoms with Crippen LogP contribution in [0, 0.1) is 0 Å². The maximum atomic E-state index is 12.5. The number of nitrogens with zero attached hydrogens (tertiary/aromatic N) is 3. The zero-order valence-corrected chi connectivity index (χ0v) is 20.6. The fraction of sp³-hybridized carbons (Fsp3) is 0.103. The quantitative estimate of drug-likeness (QED) is 0.277. The lowest BCUT2D eigenvalue weighted by molar-refractivity contribution is 0.251. The minimum atomic E-state index is -0.280. The van der Waals surface area contributed by atoms with Gasteiger partial charge in [-0.2, -0.15) is 5.10 Å². The van der Waals surface area contributed by atoms with Crippen molar-refractivity contribution < 1.29 is 4.79 Å². The number of aromatic nitrogens is 4. The molecule has 2 amide bonds. The first kappa shape index (κ1) is 23.7. The molecule has 3 aromatic carbocycles. The zero-order chi connectivity index (χ0) is 25.6. The standard InChI is InChI=1S/C29H27N7O/c1-3-24-25(4-2)34-27(35-28(24)32-23-13-14-26-21(16-23)18-31-36-26)20-11-8-12-22(15-20)33-29(37)30-17-19-9-6-5-7-10-19/h3-16,18H,17H2,1-2H3,(H,31,36)(H2,30,33,37)(H,32,34,35)/b24-3+,25-4+. The number of amides is 2. The Balaban J connectivity index is 1.41. The minimum Gasteiger partial charge on any atom is -0.340 e. The van der Waals surface area contributed by atoms with Gasteiger partial charge in [0.05, 0.1) is 17.1 Å². The van der Waals surface area contributed by atoms with E-state index in [2.05, 4.69) is 26.1 Å². The molecular formula is C29H27N7O. The molecule has 0 aliphatic heterocycles. The van der Waals surface area contributed by atoms with Crippen molar-refractivity contribution >= 4 is 46.3 Å². The third kappa shape index (κ3) is 5.48. The minimum absolute atomic E-state index is 0.280. The molecule has 0 bridgehead atoms. The van der Waals surface area contributed by atoms with E-state index in [1.165, 1.54) is 0 Å². The molecule has 184 valence electrons. The highest BCUT2D eigenvalue weighted by Gasteiger charge is 2.10. The van der Waals surface area contributed by atoms with Crippen LogP contribution in [0.2, 0.25) is 0 Å². The van der Waals surface area contributed by atoms with Crippen molar-refractivity contribution in [3.05, 3.63) is 95.1 Å². The van der Waals surface area contributed by atoms with Gasteiger partial charge in [0, 0.05) is 34.1 Å². The van der Waals surface area contributed by atoms with Gasteiger partial charge in [0.15, 0.2) is 5.82 Å². The topological polar surface area (TPSA) is 108 Å². The molecule has 0 aliphatic rings. The largest absolute Gasteiger partial charge is 0.340 e.